The van der Waals surface area contributed by atoms with Crippen LogP contribution in [0.25, 0.3) is 0 Å². The zero-order valence-electron chi connectivity index (χ0n) is 4.82. The van der Waals surface area contributed by atoms with Gasteiger partial charge in [0.05, 0.1) is 0 Å². The van der Waals surface area contributed by atoms with E-state index in [1.807, 2.05) is 0 Å². The molecule has 0 saturated carbocycles. The summed E-state index contributed by atoms with van der Waals surface area (Å²) in [7, 11) is 0. The monoisotopic (exact) mass is 276 g/mol. The third-order valence-electron chi connectivity index (χ3n) is 0.969. The van der Waals surface area contributed by atoms with E-state index in [9.17, 15) is 5.72 Å². The quantitative estimate of drug-likeness (QED) is 0.685. The van der Waals surface area contributed by atoms with Crippen LogP contribution < -0.4 is 0 Å². The second kappa shape index (κ2) is 3.48. The molecule has 0 amide bonds. The van der Waals surface area contributed by atoms with Crippen molar-refractivity contribution in [1.29, 1.82) is 0 Å². The van der Waals surface area contributed by atoms with Gasteiger partial charge in [0.25, 0.3) is 0 Å². The van der Waals surface area contributed by atoms with Crippen LogP contribution in [0.1, 0.15) is 0 Å². The summed E-state index contributed by atoms with van der Waals surface area (Å²) < 4.78 is 24.2. The minimum atomic E-state index is -3.76. The van der Waals surface area contributed by atoms with Crippen LogP contribution in [0.2, 0.25) is 5.02 Å². The Morgan fingerprint density at radius 2 is 1.60 bits per heavy atom. The van der Waals surface area contributed by atoms with Crippen molar-refractivity contribution in [2.75, 3.05) is 0 Å². The molecule has 0 nitrogen and oxygen atoms in total. The molecule has 0 N–H and O–H groups in total. The Morgan fingerprint density at radius 3 is 2.00 bits per heavy atom. The van der Waals surface area contributed by atoms with Crippen molar-refractivity contribution < 1.29 is 5.72 Å². The van der Waals surface area contributed by atoms with Gasteiger partial charge in [-0.25, -0.2) is 0 Å². The van der Waals surface area contributed by atoms with Crippen molar-refractivity contribution in [2.24, 2.45) is 0 Å². The van der Waals surface area contributed by atoms with Gasteiger partial charge in [-0.3, -0.25) is 0 Å². The number of rotatable bonds is 1. The molecule has 0 heterocycles. The summed E-state index contributed by atoms with van der Waals surface area (Å²) in [5.74, 6) is 0. The predicted molar refractivity (Wildman–Crippen MR) is 46.4 cm³/mol. The van der Waals surface area contributed by atoms with Crippen LogP contribution in [-0.2, 0) is 0 Å². The van der Waals surface area contributed by atoms with Gasteiger partial charge in [-0.15, -0.1) is 0 Å². The Kier molecular flexibility index (Phi) is 2.85. The first-order valence-electron chi connectivity index (χ1n) is 2.49. The fourth-order valence-electron chi connectivity index (χ4n) is 0.525. The number of hydrogen-bond acceptors (Lipinski definition) is 0. The molecule has 56 valence electrons. The van der Waals surface area contributed by atoms with Crippen LogP contribution >= 0.6 is 32.6 Å². The van der Waals surface area contributed by atoms with E-state index in [0.717, 1.165) is 0 Å². The molecule has 4 heteroatoms. The van der Waals surface area contributed by atoms with Crippen LogP contribution in [0, 0.1) is 3.57 Å². The molecule has 0 saturated heterocycles. The van der Waals surface area contributed by atoms with E-state index in [1.165, 1.54) is 24.3 Å². The summed E-state index contributed by atoms with van der Waals surface area (Å²) in [4.78, 5) is 0. The van der Waals surface area contributed by atoms with Crippen molar-refractivity contribution in [3.8, 4) is 0 Å². The second-order valence-electron chi connectivity index (χ2n) is 1.63. The molecular weight excluding hydrogens is 272 g/mol. The molecule has 0 bridgehead atoms. The molecule has 0 aromatic heterocycles. The molecule has 0 spiro atoms. The van der Waals surface area contributed by atoms with Crippen LogP contribution in [0.15, 0.2) is 24.3 Å². The second-order valence-corrected chi connectivity index (χ2v) is 4.44. The molecule has 0 aliphatic carbocycles. The van der Waals surface area contributed by atoms with Gasteiger partial charge in [0, 0.05) is 0 Å². The molecule has 10 heavy (non-hydrogen) atoms. The number of hydrogen-bond donors (Lipinski definition) is 0. The van der Waals surface area contributed by atoms with E-state index in [2.05, 4.69) is 0 Å². The Balaban J connectivity index is 2.89. The van der Waals surface area contributed by atoms with E-state index < -0.39 is 21.0 Å². The zero-order chi connectivity index (χ0) is 7.56. The van der Waals surface area contributed by atoms with E-state index in [-0.39, 0.29) is 3.57 Å². The van der Waals surface area contributed by atoms with E-state index >= 15 is 0 Å². The average Bonchev–Trinajstić information content (AvgIpc) is 1.88. The topological polar surface area (TPSA) is 0 Å². The first-order chi connectivity index (χ1) is 4.70. The van der Waals surface area contributed by atoms with Gasteiger partial charge in [-0.2, -0.15) is 0 Å². The summed E-state index contributed by atoms with van der Waals surface area (Å²) in [6.45, 7) is 0. The van der Waals surface area contributed by atoms with Crippen molar-refractivity contribution in [3.05, 3.63) is 32.9 Å². The summed E-state index contributed by atoms with van der Waals surface area (Å²) in [5.41, 5.74) is 0. The van der Waals surface area contributed by atoms with Crippen LogP contribution in [0.5, 0.6) is 0 Å². The third kappa shape index (κ3) is 2.05. The van der Waals surface area contributed by atoms with E-state index in [4.69, 9.17) is 11.6 Å². The summed E-state index contributed by atoms with van der Waals surface area (Å²) in [5, 5.41) is 0.501. The Hall–Kier alpha value is 0.1000. The van der Waals surface area contributed by atoms with E-state index in [1.54, 1.807) is 0 Å². The predicted octanol–water partition coefficient (Wildman–Crippen LogP) is 3.79. The van der Waals surface area contributed by atoms with Gasteiger partial charge in [0.15, 0.2) is 0 Å². The van der Waals surface area contributed by atoms with E-state index in [0.29, 0.717) is 5.02 Å². The molecule has 1 aromatic rings. The first-order valence-corrected chi connectivity index (χ1v) is 5.57. The van der Waals surface area contributed by atoms with Gasteiger partial charge in [0.1, 0.15) is 0 Å². The fourth-order valence-corrected chi connectivity index (χ4v) is 1.55. The fraction of sp³-hybridized carbons (Fsp3) is 0. The van der Waals surface area contributed by atoms with Gasteiger partial charge in [-0.1, -0.05) is 0 Å². The minimum absolute atomic E-state index is 0.161. The molecule has 0 unspecified atom stereocenters. The maximum atomic E-state index is 12.0. The van der Waals surface area contributed by atoms with Crippen LogP contribution in [0.4, 0.5) is 5.72 Å². The molecule has 0 aliphatic heterocycles. The molecule has 0 fully saturated rings. The third-order valence-corrected chi connectivity index (χ3v) is 2.88. The first kappa shape index (κ1) is 8.20. The van der Waals surface area contributed by atoms with Gasteiger partial charge < -0.3 is 0 Å². The number of halogens is 4. The standard InChI is InChI=1S/C6H4ClF2I/c7-5-1-3-6(4-2-5)10(8)9/h1-4H. The molecule has 0 radical (unpaired) electrons. The van der Waals surface area contributed by atoms with Gasteiger partial charge in [0.2, 0.25) is 0 Å². The number of benzene rings is 1. The molecule has 0 aliphatic rings. The van der Waals surface area contributed by atoms with Gasteiger partial charge >= 0.3 is 71.1 Å². The van der Waals surface area contributed by atoms with Crippen molar-refractivity contribution in [2.45, 2.75) is 0 Å². The van der Waals surface area contributed by atoms with Crippen molar-refractivity contribution >= 4 is 32.6 Å². The molecule has 1 rings (SSSR count). The molecular formula is C6H4ClF2I. The Labute approximate surface area is 71.1 Å². The molecule has 0 atom stereocenters. The summed E-state index contributed by atoms with van der Waals surface area (Å²) >= 11 is 1.73. The SMILES string of the molecule is FI(F)c1ccc(Cl)cc1. The Bertz CT molecular complexity index is 209. The Morgan fingerprint density at radius 1 is 1.10 bits per heavy atom. The average molecular weight is 276 g/mol. The van der Waals surface area contributed by atoms with Crippen LogP contribution in [0.3, 0.4) is 0 Å². The summed E-state index contributed by atoms with van der Waals surface area (Å²) in [6, 6.07) is 5.74. The van der Waals surface area contributed by atoms with Crippen molar-refractivity contribution in [1.82, 2.24) is 0 Å². The maximum absolute atomic E-state index is 12.0. The zero-order valence-corrected chi connectivity index (χ0v) is 7.73. The normalized spacial score (nSPS) is 11.3. The van der Waals surface area contributed by atoms with Crippen molar-refractivity contribution in [3.63, 3.8) is 0 Å². The van der Waals surface area contributed by atoms with Gasteiger partial charge in [-0.05, 0) is 0 Å². The summed E-state index contributed by atoms with van der Waals surface area (Å²) in [6.07, 6.45) is 0. The molecule has 1 aromatic carbocycles. The van der Waals surface area contributed by atoms with Crippen LogP contribution in [-0.4, -0.2) is 0 Å².